The van der Waals surface area contributed by atoms with E-state index in [1.165, 1.54) is 13.0 Å². The van der Waals surface area contributed by atoms with E-state index in [2.05, 4.69) is 15.6 Å². The summed E-state index contributed by atoms with van der Waals surface area (Å²) in [6.07, 6.45) is -0.257. The third-order valence-electron chi connectivity index (χ3n) is 3.75. The minimum atomic E-state index is -0.474. The number of benzene rings is 1. The Balaban J connectivity index is 2.23. The maximum atomic E-state index is 12.6. The lowest BCUT2D eigenvalue weighted by atomic mass is 10.1. The number of nitrogens with one attached hydrogen (secondary N) is 3. The molecule has 8 heteroatoms. The second-order valence-electron chi connectivity index (χ2n) is 6.41. The SMILES string of the molecule is CC(=O)Nc1ccc(NC(=O)c2[nH]c(C)c(C(=O)OC(C)C)c2C)cc1Cl. The van der Waals surface area contributed by atoms with Crippen molar-refractivity contribution in [3.8, 4) is 0 Å². The molecule has 2 aromatic rings. The Bertz CT molecular complexity index is 903. The number of hydrogen-bond acceptors (Lipinski definition) is 4. The van der Waals surface area contributed by atoms with Crippen LogP contribution in [0.4, 0.5) is 11.4 Å². The molecule has 144 valence electrons. The van der Waals surface area contributed by atoms with Crippen molar-refractivity contribution in [1.29, 1.82) is 0 Å². The van der Waals surface area contributed by atoms with Crippen LogP contribution in [0, 0.1) is 13.8 Å². The van der Waals surface area contributed by atoms with Gasteiger partial charge in [-0.1, -0.05) is 11.6 Å². The molecule has 0 fully saturated rings. The molecule has 0 radical (unpaired) electrons. The largest absolute Gasteiger partial charge is 0.459 e. The van der Waals surface area contributed by atoms with Crippen molar-refractivity contribution in [2.45, 2.75) is 40.7 Å². The van der Waals surface area contributed by atoms with Gasteiger partial charge < -0.3 is 20.4 Å². The van der Waals surface area contributed by atoms with Crippen LogP contribution >= 0.6 is 11.6 Å². The Hall–Kier alpha value is -2.80. The van der Waals surface area contributed by atoms with Crippen LogP contribution in [0.3, 0.4) is 0 Å². The average molecular weight is 392 g/mol. The van der Waals surface area contributed by atoms with Gasteiger partial charge in [0.2, 0.25) is 5.91 Å². The zero-order valence-corrected chi connectivity index (χ0v) is 16.6. The summed E-state index contributed by atoms with van der Waals surface area (Å²) in [6.45, 7) is 8.29. The number of aryl methyl sites for hydroxylation is 1. The summed E-state index contributed by atoms with van der Waals surface area (Å²) < 4.78 is 5.23. The van der Waals surface area contributed by atoms with E-state index in [0.717, 1.165) is 0 Å². The predicted octanol–water partition coefficient (Wildman–Crippen LogP) is 4.06. The number of ether oxygens (including phenoxy) is 1. The van der Waals surface area contributed by atoms with Crippen LogP contribution in [0.5, 0.6) is 0 Å². The van der Waals surface area contributed by atoms with Gasteiger partial charge in [-0.25, -0.2) is 4.79 Å². The molecule has 0 aliphatic carbocycles. The van der Waals surface area contributed by atoms with Crippen molar-refractivity contribution in [2.75, 3.05) is 10.6 Å². The molecule has 2 rings (SSSR count). The third-order valence-corrected chi connectivity index (χ3v) is 4.06. The summed E-state index contributed by atoms with van der Waals surface area (Å²) in [5.74, 6) is -1.13. The van der Waals surface area contributed by atoms with Gasteiger partial charge in [0.05, 0.1) is 22.4 Å². The van der Waals surface area contributed by atoms with Crippen molar-refractivity contribution >= 4 is 40.8 Å². The summed E-state index contributed by atoms with van der Waals surface area (Å²) in [4.78, 5) is 38.9. The van der Waals surface area contributed by atoms with Crippen LogP contribution < -0.4 is 10.6 Å². The summed E-state index contributed by atoms with van der Waals surface area (Å²) in [5.41, 5.74) is 2.60. The summed E-state index contributed by atoms with van der Waals surface area (Å²) in [7, 11) is 0. The Kier molecular flexibility index (Phi) is 6.28. The second-order valence-corrected chi connectivity index (χ2v) is 6.82. The number of carbonyl (C=O) groups excluding carboxylic acids is 3. The molecule has 7 nitrogen and oxygen atoms in total. The first-order valence-corrected chi connectivity index (χ1v) is 8.76. The lowest BCUT2D eigenvalue weighted by Crippen LogP contribution is -2.15. The zero-order chi connectivity index (χ0) is 20.3. The highest BCUT2D eigenvalue weighted by Gasteiger charge is 2.23. The van der Waals surface area contributed by atoms with Crippen LogP contribution in [0.2, 0.25) is 5.02 Å². The van der Waals surface area contributed by atoms with Crippen LogP contribution in [0.25, 0.3) is 0 Å². The minimum Gasteiger partial charge on any atom is -0.459 e. The maximum absolute atomic E-state index is 12.6. The van der Waals surface area contributed by atoms with E-state index in [1.807, 2.05) is 0 Å². The van der Waals surface area contributed by atoms with Crippen molar-refractivity contribution in [3.05, 3.63) is 45.7 Å². The van der Waals surface area contributed by atoms with Gasteiger partial charge in [0, 0.05) is 18.3 Å². The molecule has 0 aliphatic heterocycles. The molecule has 2 amide bonds. The molecule has 0 aliphatic rings. The number of carbonyl (C=O) groups is 3. The minimum absolute atomic E-state index is 0.244. The highest BCUT2D eigenvalue weighted by atomic mass is 35.5. The summed E-state index contributed by atoms with van der Waals surface area (Å²) >= 11 is 6.12. The standard InChI is InChI=1S/C19H22ClN3O4/c1-9(2)27-19(26)16-10(3)17(21-11(16)4)18(25)23-13-6-7-15(14(20)8-13)22-12(5)24/h6-9,21H,1-5H3,(H,22,24)(H,23,25). The Labute approximate surface area is 162 Å². The molecular formula is C19H22ClN3O4. The first-order valence-electron chi connectivity index (χ1n) is 8.38. The van der Waals surface area contributed by atoms with E-state index in [0.29, 0.717) is 33.2 Å². The molecule has 0 atom stereocenters. The van der Waals surface area contributed by atoms with Gasteiger partial charge >= 0.3 is 5.97 Å². The smallest absolute Gasteiger partial charge is 0.340 e. The van der Waals surface area contributed by atoms with E-state index in [9.17, 15) is 14.4 Å². The van der Waals surface area contributed by atoms with Crippen molar-refractivity contribution in [1.82, 2.24) is 4.98 Å². The molecule has 0 unspecified atom stereocenters. The molecular weight excluding hydrogens is 370 g/mol. The molecule has 27 heavy (non-hydrogen) atoms. The topological polar surface area (TPSA) is 100 Å². The van der Waals surface area contributed by atoms with E-state index >= 15 is 0 Å². The molecule has 0 saturated carbocycles. The first kappa shape index (κ1) is 20.5. The number of aromatic amines is 1. The highest BCUT2D eigenvalue weighted by Crippen LogP contribution is 2.26. The van der Waals surface area contributed by atoms with Crippen molar-refractivity contribution in [3.63, 3.8) is 0 Å². The fraction of sp³-hybridized carbons (Fsp3) is 0.316. The van der Waals surface area contributed by atoms with Crippen LogP contribution in [0.1, 0.15) is 52.9 Å². The average Bonchev–Trinajstić information content (AvgIpc) is 2.84. The Morgan fingerprint density at radius 3 is 2.37 bits per heavy atom. The number of H-pyrrole nitrogens is 1. The van der Waals surface area contributed by atoms with Crippen LogP contribution in [-0.4, -0.2) is 28.9 Å². The number of aromatic nitrogens is 1. The molecule has 1 aromatic carbocycles. The lowest BCUT2D eigenvalue weighted by Gasteiger charge is -2.09. The van der Waals surface area contributed by atoms with E-state index in [-0.39, 0.29) is 17.7 Å². The van der Waals surface area contributed by atoms with E-state index < -0.39 is 11.9 Å². The zero-order valence-electron chi connectivity index (χ0n) is 15.8. The Morgan fingerprint density at radius 1 is 1.15 bits per heavy atom. The lowest BCUT2D eigenvalue weighted by molar-refractivity contribution is -0.114. The number of esters is 1. The third kappa shape index (κ3) is 4.89. The first-order chi connectivity index (χ1) is 12.6. The van der Waals surface area contributed by atoms with Gasteiger partial charge in [-0.2, -0.15) is 0 Å². The normalized spacial score (nSPS) is 10.6. The molecule has 0 saturated heterocycles. The fourth-order valence-electron chi connectivity index (χ4n) is 2.63. The number of hydrogen-bond donors (Lipinski definition) is 3. The van der Waals surface area contributed by atoms with Gasteiger partial charge in [0.15, 0.2) is 0 Å². The number of anilines is 2. The quantitative estimate of drug-likeness (QED) is 0.669. The predicted molar refractivity (Wildman–Crippen MR) is 105 cm³/mol. The number of halogens is 1. The van der Waals surface area contributed by atoms with Crippen LogP contribution in [0.15, 0.2) is 18.2 Å². The van der Waals surface area contributed by atoms with Gasteiger partial charge in [0.1, 0.15) is 5.69 Å². The fourth-order valence-corrected chi connectivity index (χ4v) is 2.86. The highest BCUT2D eigenvalue weighted by molar-refractivity contribution is 6.34. The molecule has 3 N–H and O–H groups in total. The summed E-state index contributed by atoms with van der Waals surface area (Å²) in [6, 6.07) is 4.75. The number of amides is 2. The second kappa shape index (κ2) is 8.26. The van der Waals surface area contributed by atoms with Crippen molar-refractivity contribution < 1.29 is 19.1 Å². The molecule has 1 heterocycles. The number of rotatable bonds is 5. The molecule has 1 aromatic heterocycles. The van der Waals surface area contributed by atoms with Gasteiger partial charge in [-0.15, -0.1) is 0 Å². The molecule has 0 bridgehead atoms. The van der Waals surface area contributed by atoms with Crippen molar-refractivity contribution in [2.24, 2.45) is 0 Å². The summed E-state index contributed by atoms with van der Waals surface area (Å²) in [5, 5.41) is 5.61. The van der Waals surface area contributed by atoms with Gasteiger partial charge in [-0.3, -0.25) is 9.59 Å². The van der Waals surface area contributed by atoms with Gasteiger partial charge in [-0.05, 0) is 51.5 Å². The maximum Gasteiger partial charge on any atom is 0.340 e. The van der Waals surface area contributed by atoms with Crippen LogP contribution in [-0.2, 0) is 9.53 Å². The van der Waals surface area contributed by atoms with E-state index in [1.54, 1.807) is 39.8 Å². The molecule has 0 spiro atoms. The van der Waals surface area contributed by atoms with Gasteiger partial charge in [0.25, 0.3) is 5.91 Å². The monoisotopic (exact) mass is 391 g/mol. The Morgan fingerprint density at radius 2 is 1.81 bits per heavy atom. The van der Waals surface area contributed by atoms with E-state index in [4.69, 9.17) is 16.3 Å².